The van der Waals surface area contributed by atoms with Crippen molar-refractivity contribution in [3.8, 4) is 0 Å². The van der Waals surface area contributed by atoms with Crippen molar-refractivity contribution in [2.24, 2.45) is 0 Å². The molecule has 0 atom stereocenters. The fourth-order valence-electron chi connectivity index (χ4n) is 2.12. The van der Waals surface area contributed by atoms with E-state index in [1.165, 1.54) is 18.2 Å². The molecular weight excluding hydrogens is 319 g/mol. The molecule has 0 radical (unpaired) electrons. The van der Waals surface area contributed by atoms with Gasteiger partial charge in [0.15, 0.2) is 0 Å². The molecule has 0 saturated carbocycles. The molecule has 0 aliphatic rings. The quantitative estimate of drug-likeness (QED) is 0.837. The molecule has 0 spiro atoms. The molecule has 1 aromatic heterocycles. The lowest BCUT2D eigenvalue weighted by molar-refractivity contribution is 0.0527. The van der Waals surface area contributed by atoms with Gasteiger partial charge in [0.05, 0.1) is 17.0 Å². The van der Waals surface area contributed by atoms with Crippen LogP contribution in [0.4, 0.5) is 15.1 Å². The zero-order valence-corrected chi connectivity index (χ0v) is 13.8. The number of ether oxygens (including phenoxy) is 1. The number of nitrogen functional groups attached to an aromatic ring is 1. The Kier molecular flexibility index (Phi) is 5.00. The van der Waals surface area contributed by atoms with Crippen molar-refractivity contribution in [3.63, 3.8) is 0 Å². The van der Waals surface area contributed by atoms with E-state index in [-0.39, 0.29) is 23.0 Å². The van der Waals surface area contributed by atoms with Crippen molar-refractivity contribution in [1.29, 1.82) is 0 Å². The Morgan fingerprint density at radius 1 is 1.35 bits per heavy atom. The molecule has 0 aliphatic carbocycles. The van der Waals surface area contributed by atoms with Gasteiger partial charge < -0.3 is 15.8 Å². The monoisotopic (exact) mass is 336 g/mol. The number of carbonyl (C=O) groups is 2. The second-order valence-corrected chi connectivity index (χ2v) is 5.99. The molecule has 23 heavy (non-hydrogen) atoms. The number of hydrogen-bond acceptors (Lipinski definition) is 5. The van der Waals surface area contributed by atoms with Crippen molar-refractivity contribution in [2.75, 3.05) is 17.7 Å². The van der Waals surface area contributed by atoms with Crippen LogP contribution in [0.1, 0.15) is 38.1 Å². The van der Waals surface area contributed by atoms with Crippen LogP contribution in [0.2, 0.25) is 0 Å². The van der Waals surface area contributed by atoms with Gasteiger partial charge >= 0.3 is 5.97 Å². The molecule has 0 unspecified atom stereocenters. The molecular formula is C16H17FN2O3S. The van der Waals surface area contributed by atoms with E-state index in [9.17, 15) is 14.0 Å². The van der Waals surface area contributed by atoms with Crippen LogP contribution in [0.15, 0.2) is 18.2 Å². The summed E-state index contributed by atoms with van der Waals surface area (Å²) in [4.78, 5) is 24.6. The van der Waals surface area contributed by atoms with E-state index in [0.717, 1.165) is 11.3 Å². The van der Waals surface area contributed by atoms with Crippen molar-refractivity contribution in [1.82, 2.24) is 0 Å². The van der Waals surface area contributed by atoms with E-state index in [4.69, 9.17) is 10.5 Å². The predicted molar refractivity (Wildman–Crippen MR) is 88.5 cm³/mol. The Bertz CT molecular complexity index is 771. The smallest absolute Gasteiger partial charge is 0.341 e. The number of benzene rings is 1. The second-order valence-electron chi connectivity index (χ2n) is 4.93. The summed E-state index contributed by atoms with van der Waals surface area (Å²) >= 11 is 1.02. The van der Waals surface area contributed by atoms with Crippen LogP contribution in [0.3, 0.4) is 0 Å². The molecule has 7 heteroatoms. The fraction of sp³-hybridized carbons (Fsp3) is 0.250. The van der Waals surface area contributed by atoms with E-state index >= 15 is 0 Å². The Labute approximate surface area is 137 Å². The first kappa shape index (κ1) is 17.0. The van der Waals surface area contributed by atoms with Gasteiger partial charge in [-0.1, -0.05) is 0 Å². The Morgan fingerprint density at radius 2 is 2.04 bits per heavy atom. The highest BCUT2D eigenvalue weighted by Crippen LogP contribution is 2.31. The lowest BCUT2D eigenvalue weighted by Crippen LogP contribution is -2.13. The number of nitrogens with one attached hydrogen (secondary N) is 1. The lowest BCUT2D eigenvalue weighted by atomic mass is 10.1. The molecule has 1 aromatic carbocycles. The maximum atomic E-state index is 13.3. The van der Waals surface area contributed by atoms with Crippen molar-refractivity contribution >= 4 is 33.9 Å². The van der Waals surface area contributed by atoms with Gasteiger partial charge in [-0.25, -0.2) is 9.18 Å². The minimum atomic E-state index is -0.546. The maximum absolute atomic E-state index is 13.3. The van der Waals surface area contributed by atoms with Gasteiger partial charge in [0.25, 0.3) is 5.91 Å². The summed E-state index contributed by atoms with van der Waals surface area (Å²) in [6.45, 7) is 5.17. The van der Waals surface area contributed by atoms with Crippen molar-refractivity contribution in [3.05, 3.63) is 45.6 Å². The third kappa shape index (κ3) is 3.50. The number of aryl methyl sites for hydroxylation is 1. The van der Waals surface area contributed by atoms with Crippen LogP contribution >= 0.6 is 11.3 Å². The average molecular weight is 336 g/mol. The summed E-state index contributed by atoms with van der Waals surface area (Å²) in [7, 11) is 0. The molecule has 1 heterocycles. The van der Waals surface area contributed by atoms with Gasteiger partial charge in [0.1, 0.15) is 10.8 Å². The first-order chi connectivity index (χ1) is 10.8. The molecule has 0 fully saturated rings. The fourth-order valence-corrected chi connectivity index (χ4v) is 3.08. The molecule has 2 rings (SSSR count). The van der Waals surface area contributed by atoms with Gasteiger partial charge in [-0.15, -0.1) is 11.3 Å². The predicted octanol–water partition coefficient (Wildman–Crippen LogP) is 3.52. The number of rotatable bonds is 4. The molecule has 0 saturated heterocycles. The summed E-state index contributed by atoms with van der Waals surface area (Å²) in [5, 5.41) is 2.91. The topological polar surface area (TPSA) is 81.4 Å². The van der Waals surface area contributed by atoms with Gasteiger partial charge in [-0.3, -0.25) is 4.79 Å². The number of halogens is 1. The number of esters is 1. The van der Waals surface area contributed by atoms with Gasteiger partial charge in [-0.2, -0.15) is 0 Å². The third-order valence-corrected chi connectivity index (χ3v) is 4.40. The molecule has 122 valence electrons. The normalized spacial score (nSPS) is 10.4. The average Bonchev–Trinajstić information content (AvgIpc) is 2.78. The third-order valence-electron chi connectivity index (χ3n) is 3.28. The Hall–Kier alpha value is -2.41. The molecule has 5 nitrogen and oxygen atoms in total. The van der Waals surface area contributed by atoms with E-state index in [2.05, 4.69) is 5.32 Å². The lowest BCUT2D eigenvalue weighted by Gasteiger charge is -2.06. The SMILES string of the molecule is CCOC(=O)c1c(N)sc(C(=O)Nc2ccc(F)c(C)c2)c1C. The Morgan fingerprint density at radius 3 is 2.65 bits per heavy atom. The summed E-state index contributed by atoms with van der Waals surface area (Å²) in [6, 6.07) is 4.29. The van der Waals surface area contributed by atoms with E-state index in [1.54, 1.807) is 20.8 Å². The summed E-state index contributed by atoms with van der Waals surface area (Å²) < 4.78 is 18.2. The maximum Gasteiger partial charge on any atom is 0.341 e. The van der Waals surface area contributed by atoms with E-state index in [1.807, 2.05) is 0 Å². The largest absolute Gasteiger partial charge is 0.462 e. The zero-order chi connectivity index (χ0) is 17.1. The highest BCUT2D eigenvalue weighted by atomic mass is 32.1. The van der Waals surface area contributed by atoms with Crippen molar-refractivity contribution < 1.29 is 18.7 Å². The summed E-state index contributed by atoms with van der Waals surface area (Å²) in [5.74, 6) is -1.29. The molecule has 2 aromatic rings. The molecule has 0 bridgehead atoms. The zero-order valence-electron chi connectivity index (χ0n) is 13.0. The molecule has 3 N–H and O–H groups in total. The minimum absolute atomic E-state index is 0.220. The Balaban J connectivity index is 2.28. The van der Waals surface area contributed by atoms with E-state index in [0.29, 0.717) is 21.7 Å². The highest BCUT2D eigenvalue weighted by Gasteiger charge is 2.24. The molecule has 0 aliphatic heterocycles. The van der Waals surface area contributed by atoms with Crippen LogP contribution in [0, 0.1) is 19.7 Å². The van der Waals surface area contributed by atoms with Gasteiger partial charge in [0.2, 0.25) is 0 Å². The second kappa shape index (κ2) is 6.78. The number of nitrogens with two attached hydrogens (primary N) is 1. The first-order valence-corrected chi connectivity index (χ1v) is 7.80. The van der Waals surface area contributed by atoms with Gasteiger partial charge in [-0.05, 0) is 50.1 Å². The van der Waals surface area contributed by atoms with Crippen LogP contribution in [-0.4, -0.2) is 18.5 Å². The van der Waals surface area contributed by atoms with Gasteiger partial charge in [0, 0.05) is 5.69 Å². The summed E-state index contributed by atoms with van der Waals surface area (Å²) in [5.41, 5.74) is 7.43. The number of thiophene rings is 1. The van der Waals surface area contributed by atoms with Crippen LogP contribution in [-0.2, 0) is 4.74 Å². The molecule has 1 amide bonds. The van der Waals surface area contributed by atoms with Crippen LogP contribution in [0.25, 0.3) is 0 Å². The van der Waals surface area contributed by atoms with Crippen LogP contribution < -0.4 is 11.1 Å². The minimum Gasteiger partial charge on any atom is -0.462 e. The van der Waals surface area contributed by atoms with Crippen LogP contribution in [0.5, 0.6) is 0 Å². The standard InChI is InChI=1S/C16H17FN2O3S/c1-4-22-16(21)12-9(3)13(23-14(12)18)15(20)19-10-5-6-11(17)8(2)7-10/h5-7H,4,18H2,1-3H3,(H,19,20). The van der Waals surface area contributed by atoms with E-state index < -0.39 is 11.9 Å². The number of hydrogen-bond donors (Lipinski definition) is 2. The first-order valence-electron chi connectivity index (χ1n) is 6.98. The number of carbonyl (C=O) groups excluding carboxylic acids is 2. The number of amides is 1. The van der Waals surface area contributed by atoms with Crippen molar-refractivity contribution in [2.45, 2.75) is 20.8 Å². The summed E-state index contributed by atoms with van der Waals surface area (Å²) in [6.07, 6.45) is 0. The number of anilines is 2. The highest BCUT2D eigenvalue weighted by molar-refractivity contribution is 7.18.